The summed E-state index contributed by atoms with van der Waals surface area (Å²) in [5.41, 5.74) is -0.802. The fourth-order valence-electron chi connectivity index (χ4n) is 2.19. The minimum Gasteiger partial charge on any atom is -0.465 e. The number of amides is 1. The normalized spacial score (nSPS) is 17.2. The number of ether oxygens (including phenoxy) is 1. The SMILES string of the molecule is CCOC(=O)CN(CC(=O)NC(C)(C#N)C1CC1)C(C)C. The Morgan fingerprint density at radius 3 is 2.48 bits per heavy atom. The van der Waals surface area contributed by atoms with Crippen molar-refractivity contribution in [3.05, 3.63) is 0 Å². The fraction of sp³-hybridized carbons (Fsp3) is 0.800. The Kier molecular flexibility index (Phi) is 6.16. The van der Waals surface area contributed by atoms with Gasteiger partial charge >= 0.3 is 5.97 Å². The predicted octanol–water partition coefficient (Wildman–Crippen LogP) is 1.07. The lowest BCUT2D eigenvalue weighted by Gasteiger charge is -2.28. The van der Waals surface area contributed by atoms with E-state index in [0.717, 1.165) is 12.8 Å². The summed E-state index contributed by atoms with van der Waals surface area (Å²) >= 11 is 0. The Morgan fingerprint density at radius 2 is 2.05 bits per heavy atom. The van der Waals surface area contributed by atoms with Crippen molar-refractivity contribution in [1.29, 1.82) is 5.26 Å². The van der Waals surface area contributed by atoms with Gasteiger partial charge in [0.05, 0.1) is 25.8 Å². The van der Waals surface area contributed by atoms with Crippen LogP contribution >= 0.6 is 0 Å². The van der Waals surface area contributed by atoms with Crippen molar-refractivity contribution < 1.29 is 14.3 Å². The number of hydrogen-bond acceptors (Lipinski definition) is 5. The van der Waals surface area contributed by atoms with Crippen molar-refractivity contribution in [2.45, 2.75) is 52.1 Å². The van der Waals surface area contributed by atoms with E-state index in [1.165, 1.54) is 0 Å². The zero-order valence-corrected chi connectivity index (χ0v) is 13.3. The molecule has 1 fully saturated rings. The van der Waals surface area contributed by atoms with Crippen LogP contribution in [0, 0.1) is 17.2 Å². The molecule has 1 rings (SSSR count). The van der Waals surface area contributed by atoms with E-state index < -0.39 is 5.54 Å². The molecule has 0 aromatic rings. The van der Waals surface area contributed by atoms with Crippen LogP contribution in [0.4, 0.5) is 0 Å². The number of nitrogens with one attached hydrogen (secondary N) is 1. The zero-order chi connectivity index (χ0) is 16.0. The first-order valence-corrected chi connectivity index (χ1v) is 7.44. The van der Waals surface area contributed by atoms with E-state index >= 15 is 0 Å². The Bertz CT molecular complexity index is 426. The smallest absolute Gasteiger partial charge is 0.320 e. The molecule has 1 atom stereocenters. The van der Waals surface area contributed by atoms with Crippen molar-refractivity contribution in [3.63, 3.8) is 0 Å². The average Bonchev–Trinajstić information content (AvgIpc) is 3.22. The molecule has 1 N–H and O–H groups in total. The highest BCUT2D eigenvalue weighted by atomic mass is 16.5. The maximum Gasteiger partial charge on any atom is 0.320 e. The van der Waals surface area contributed by atoms with Crippen molar-refractivity contribution in [2.75, 3.05) is 19.7 Å². The van der Waals surface area contributed by atoms with E-state index in [4.69, 9.17) is 4.74 Å². The van der Waals surface area contributed by atoms with Crippen molar-refractivity contribution in [2.24, 2.45) is 5.92 Å². The van der Waals surface area contributed by atoms with Gasteiger partial charge in [0.1, 0.15) is 5.54 Å². The van der Waals surface area contributed by atoms with E-state index in [1.807, 2.05) is 13.8 Å². The Hall–Kier alpha value is -1.61. The van der Waals surface area contributed by atoms with Gasteiger partial charge in [-0.1, -0.05) is 0 Å². The number of esters is 1. The lowest BCUT2D eigenvalue weighted by Crippen LogP contribution is -2.51. The maximum absolute atomic E-state index is 12.1. The second kappa shape index (κ2) is 7.41. The molecular weight excluding hydrogens is 270 g/mol. The molecule has 118 valence electrons. The Morgan fingerprint density at radius 1 is 1.43 bits per heavy atom. The first-order valence-electron chi connectivity index (χ1n) is 7.44. The number of rotatable bonds is 8. The predicted molar refractivity (Wildman–Crippen MR) is 78.2 cm³/mol. The van der Waals surface area contributed by atoms with Crippen molar-refractivity contribution in [1.82, 2.24) is 10.2 Å². The number of carbonyl (C=O) groups excluding carboxylic acids is 2. The molecule has 1 saturated carbocycles. The van der Waals surface area contributed by atoms with Crippen LogP contribution in [0.25, 0.3) is 0 Å². The summed E-state index contributed by atoms with van der Waals surface area (Å²) in [4.78, 5) is 25.4. The summed E-state index contributed by atoms with van der Waals surface area (Å²) in [6.45, 7) is 7.82. The van der Waals surface area contributed by atoms with Gasteiger partial charge in [-0.25, -0.2) is 0 Å². The molecule has 21 heavy (non-hydrogen) atoms. The minimum atomic E-state index is -0.802. The molecule has 0 aromatic carbocycles. The second-order valence-corrected chi connectivity index (χ2v) is 5.94. The molecule has 1 unspecified atom stereocenters. The quantitative estimate of drug-likeness (QED) is 0.677. The number of carbonyl (C=O) groups is 2. The fourth-order valence-corrected chi connectivity index (χ4v) is 2.19. The van der Waals surface area contributed by atoms with E-state index in [-0.39, 0.29) is 36.9 Å². The van der Waals surface area contributed by atoms with Crippen molar-refractivity contribution >= 4 is 11.9 Å². The lowest BCUT2D eigenvalue weighted by molar-refractivity contribution is -0.145. The van der Waals surface area contributed by atoms with Crippen LogP contribution in [-0.4, -0.2) is 48.1 Å². The van der Waals surface area contributed by atoms with Crippen LogP contribution in [0.3, 0.4) is 0 Å². The van der Waals surface area contributed by atoms with Crippen LogP contribution in [0.2, 0.25) is 0 Å². The molecule has 1 amide bonds. The van der Waals surface area contributed by atoms with Gasteiger partial charge in [-0.05, 0) is 46.5 Å². The average molecular weight is 295 g/mol. The van der Waals surface area contributed by atoms with Gasteiger partial charge in [0.15, 0.2) is 0 Å². The van der Waals surface area contributed by atoms with Gasteiger partial charge < -0.3 is 10.1 Å². The largest absolute Gasteiger partial charge is 0.465 e. The summed E-state index contributed by atoms with van der Waals surface area (Å²) in [5, 5.41) is 12.1. The molecule has 0 spiro atoms. The Labute approximate surface area is 126 Å². The van der Waals surface area contributed by atoms with Gasteiger partial charge in [-0.15, -0.1) is 0 Å². The third kappa shape index (κ3) is 5.35. The lowest BCUT2D eigenvalue weighted by atomic mass is 9.98. The number of nitrogens with zero attached hydrogens (tertiary/aromatic N) is 2. The third-order valence-electron chi connectivity index (χ3n) is 3.74. The van der Waals surface area contributed by atoms with E-state index in [0.29, 0.717) is 6.61 Å². The van der Waals surface area contributed by atoms with Crippen LogP contribution in [0.5, 0.6) is 0 Å². The molecule has 0 saturated heterocycles. The summed E-state index contributed by atoms with van der Waals surface area (Å²) < 4.78 is 4.91. The van der Waals surface area contributed by atoms with Gasteiger partial charge in [-0.3, -0.25) is 14.5 Å². The third-order valence-corrected chi connectivity index (χ3v) is 3.74. The van der Waals surface area contributed by atoms with Crippen molar-refractivity contribution in [3.8, 4) is 6.07 Å². The molecule has 0 bridgehead atoms. The summed E-state index contributed by atoms with van der Waals surface area (Å²) in [6.07, 6.45) is 1.95. The number of hydrogen-bond donors (Lipinski definition) is 1. The topological polar surface area (TPSA) is 82.4 Å². The standard InChI is InChI=1S/C15H25N3O3/c1-5-21-14(20)9-18(11(2)3)8-13(19)17-15(4,10-16)12-6-7-12/h11-12H,5-9H2,1-4H3,(H,17,19). The molecule has 6 heteroatoms. The molecule has 1 aliphatic carbocycles. The van der Waals surface area contributed by atoms with Gasteiger partial charge in [-0.2, -0.15) is 5.26 Å². The highest BCUT2D eigenvalue weighted by Crippen LogP contribution is 2.39. The molecule has 0 aromatic heterocycles. The highest BCUT2D eigenvalue weighted by Gasteiger charge is 2.43. The first-order chi connectivity index (χ1) is 9.82. The summed E-state index contributed by atoms with van der Waals surface area (Å²) in [6, 6.07) is 2.23. The Balaban J connectivity index is 2.56. The van der Waals surface area contributed by atoms with E-state index in [2.05, 4.69) is 11.4 Å². The molecular formula is C15H25N3O3. The molecule has 1 aliphatic rings. The molecule has 0 aliphatic heterocycles. The molecule has 6 nitrogen and oxygen atoms in total. The van der Waals surface area contributed by atoms with Crippen LogP contribution in [0.1, 0.15) is 40.5 Å². The van der Waals surface area contributed by atoms with E-state index in [1.54, 1.807) is 18.7 Å². The van der Waals surface area contributed by atoms with Crippen LogP contribution < -0.4 is 5.32 Å². The first kappa shape index (κ1) is 17.4. The zero-order valence-electron chi connectivity index (χ0n) is 13.3. The second-order valence-electron chi connectivity index (χ2n) is 5.94. The van der Waals surface area contributed by atoms with Crippen LogP contribution in [0.15, 0.2) is 0 Å². The minimum absolute atomic E-state index is 0.0365. The molecule has 0 heterocycles. The number of nitriles is 1. The van der Waals surface area contributed by atoms with Gasteiger partial charge in [0.25, 0.3) is 0 Å². The monoisotopic (exact) mass is 295 g/mol. The van der Waals surface area contributed by atoms with E-state index in [9.17, 15) is 14.9 Å². The van der Waals surface area contributed by atoms with Gasteiger partial charge in [0.2, 0.25) is 5.91 Å². The van der Waals surface area contributed by atoms with Gasteiger partial charge in [0, 0.05) is 6.04 Å². The molecule has 0 radical (unpaired) electrons. The summed E-state index contributed by atoms with van der Waals surface area (Å²) in [5.74, 6) is -0.336. The summed E-state index contributed by atoms with van der Waals surface area (Å²) in [7, 11) is 0. The van der Waals surface area contributed by atoms with Crippen LogP contribution in [-0.2, 0) is 14.3 Å². The highest BCUT2D eigenvalue weighted by molar-refractivity contribution is 5.80. The maximum atomic E-state index is 12.1.